The van der Waals surface area contributed by atoms with Crippen molar-refractivity contribution in [3.05, 3.63) is 174 Å². The summed E-state index contributed by atoms with van der Waals surface area (Å²) in [5.74, 6) is 0.698. The number of benzene rings is 7. The maximum atomic E-state index is 7.60. The Morgan fingerprint density at radius 2 is 0.980 bits per heavy atom. The standard InChI is InChI=1S/C46H31N3/c1-46(2)41-21-19-34(26-39(41)40-27-38(47-3)20-22-42(40)46)33-13-8-14-35(24-33)43-28-44(36-17-15-29-9-4-6-11-31(29)23-36)49-45(48-43)37-18-16-30-10-5-7-12-32(30)25-37/h4-28H,1-2H3. The summed E-state index contributed by atoms with van der Waals surface area (Å²) in [6, 6.07) is 53.4. The van der Waals surface area contributed by atoms with Gasteiger partial charge in [-0.15, -0.1) is 0 Å². The van der Waals surface area contributed by atoms with Crippen LogP contribution in [-0.4, -0.2) is 9.97 Å². The first kappa shape index (κ1) is 28.8. The second kappa shape index (κ2) is 11.1. The second-order valence-electron chi connectivity index (χ2n) is 13.4. The smallest absolute Gasteiger partial charge is 0.187 e. The van der Waals surface area contributed by atoms with Crippen molar-refractivity contribution in [3.8, 4) is 56.2 Å². The molecule has 0 bridgehead atoms. The molecular weight excluding hydrogens is 595 g/mol. The van der Waals surface area contributed by atoms with E-state index in [9.17, 15) is 0 Å². The minimum Gasteiger partial charge on any atom is -0.238 e. The Morgan fingerprint density at radius 1 is 0.449 bits per heavy atom. The van der Waals surface area contributed by atoms with Gasteiger partial charge in [0.25, 0.3) is 0 Å². The van der Waals surface area contributed by atoms with Crippen LogP contribution in [0.25, 0.3) is 82.5 Å². The number of aromatic nitrogens is 2. The predicted octanol–water partition coefficient (Wildman–Crippen LogP) is 12.3. The lowest BCUT2D eigenvalue weighted by molar-refractivity contribution is 0.660. The zero-order valence-corrected chi connectivity index (χ0v) is 27.3. The summed E-state index contributed by atoms with van der Waals surface area (Å²) in [5.41, 5.74) is 12.5. The fourth-order valence-electron chi connectivity index (χ4n) is 7.41. The molecule has 3 nitrogen and oxygen atoms in total. The molecule has 0 atom stereocenters. The van der Waals surface area contributed by atoms with E-state index in [0.717, 1.165) is 50.2 Å². The van der Waals surface area contributed by atoms with Crippen LogP contribution in [0.5, 0.6) is 0 Å². The lowest BCUT2D eigenvalue weighted by atomic mass is 9.82. The Bertz CT molecular complexity index is 2560. The van der Waals surface area contributed by atoms with Crippen LogP contribution in [0.1, 0.15) is 25.0 Å². The van der Waals surface area contributed by atoms with Crippen molar-refractivity contribution in [2.24, 2.45) is 0 Å². The highest BCUT2D eigenvalue weighted by Crippen LogP contribution is 2.50. The molecule has 0 N–H and O–H groups in total. The monoisotopic (exact) mass is 625 g/mol. The van der Waals surface area contributed by atoms with Gasteiger partial charge in [-0.05, 0) is 91.3 Å². The zero-order chi connectivity index (χ0) is 33.1. The SMILES string of the molecule is [C-]#[N+]c1ccc2c(c1)-c1cc(-c3cccc(-c4cc(-c5ccc6ccccc6c5)nc(-c5ccc6ccccc6c5)n4)c3)ccc1C2(C)C. The molecule has 0 amide bonds. The normalized spacial score (nSPS) is 12.8. The van der Waals surface area contributed by atoms with E-state index in [1.807, 2.05) is 12.1 Å². The molecule has 0 fully saturated rings. The third kappa shape index (κ3) is 4.89. The van der Waals surface area contributed by atoms with Gasteiger partial charge in [0.2, 0.25) is 0 Å². The fraction of sp³-hybridized carbons (Fsp3) is 0.0652. The van der Waals surface area contributed by atoms with Gasteiger partial charge in [-0.3, -0.25) is 0 Å². The first-order valence-electron chi connectivity index (χ1n) is 16.6. The molecule has 1 aliphatic rings. The maximum Gasteiger partial charge on any atom is 0.187 e. The molecule has 0 saturated carbocycles. The Balaban J connectivity index is 1.18. The van der Waals surface area contributed by atoms with Gasteiger partial charge in [0, 0.05) is 22.1 Å². The van der Waals surface area contributed by atoms with Gasteiger partial charge in [-0.25, -0.2) is 14.8 Å². The molecule has 8 aromatic rings. The van der Waals surface area contributed by atoms with Gasteiger partial charge in [0.05, 0.1) is 18.0 Å². The van der Waals surface area contributed by atoms with E-state index >= 15 is 0 Å². The highest BCUT2D eigenvalue weighted by molar-refractivity contribution is 5.90. The summed E-state index contributed by atoms with van der Waals surface area (Å²) >= 11 is 0. The molecule has 0 aliphatic heterocycles. The van der Waals surface area contributed by atoms with Crippen LogP contribution in [0.2, 0.25) is 0 Å². The van der Waals surface area contributed by atoms with Crippen LogP contribution in [0, 0.1) is 6.57 Å². The lowest BCUT2D eigenvalue weighted by Crippen LogP contribution is -2.14. The van der Waals surface area contributed by atoms with E-state index in [2.05, 4.69) is 158 Å². The van der Waals surface area contributed by atoms with E-state index in [-0.39, 0.29) is 5.41 Å². The van der Waals surface area contributed by atoms with Gasteiger partial charge >= 0.3 is 0 Å². The minimum atomic E-state index is -0.120. The summed E-state index contributed by atoms with van der Waals surface area (Å²) in [5, 5.41) is 4.73. The van der Waals surface area contributed by atoms with Gasteiger partial charge in [0.15, 0.2) is 11.5 Å². The number of rotatable bonds is 4. The first-order valence-corrected chi connectivity index (χ1v) is 16.6. The maximum absolute atomic E-state index is 7.60. The molecule has 49 heavy (non-hydrogen) atoms. The van der Waals surface area contributed by atoms with Crippen LogP contribution < -0.4 is 0 Å². The quantitative estimate of drug-likeness (QED) is 0.182. The van der Waals surface area contributed by atoms with Crippen LogP contribution in [0.15, 0.2) is 152 Å². The molecule has 0 saturated heterocycles. The molecule has 7 aromatic carbocycles. The lowest BCUT2D eigenvalue weighted by Gasteiger charge is -2.21. The Morgan fingerprint density at radius 3 is 1.67 bits per heavy atom. The van der Waals surface area contributed by atoms with E-state index in [1.54, 1.807) is 0 Å². The van der Waals surface area contributed by atoms with Crippen molar-refractivity contribution in [2.75, 3.05) is 0 Å². The molecule has 1 aliphatic carbocycles. The Labute approximate surface area is 286 Å². The van der Waals surface area contributed by atoms with E-state index in [4.69, 9.17) is 16.5 Å². The molecule has 1 aromatic heterocycles. The number of hydrogen-bond acceptors (Lipinski definition) is 2. The first-order chi connectivity index (χ1) is 23.9. The highest BCUT2D eigenvalue weighted by atomic mass is 14.9. The largest absolute Gasteiger partial charge is 0.238 e. The van der Waals surface area contributed by atoms with E-state index in [0.29, 0.717) is 11.5 Å². The summed E-state index contributed by atoms with van der Waals surface area (Å²) in [6.07, 6.45) is 0. The van der Waals surface area contributed by atoms with Gasteiger partial charge in [0.1, 0.15) is 0 Å². The Hall–Kier alpha value is -6.37. The van der Waals surface area contributed by atoms with Crippen molar-refractivity contribution in [2.45, 2.75) is 19.3 Å². The van der Waals surface area contributed by atoms with Crippen LogP contribution in [0.3, 0.4) is 0 Å². The number of hydrogen-bond donors (Lipinski definition) is 0. The van der Waals surface area contributed by atoms with E-state index < -0.39 is 0 Å². The van der Waals surface area contributed by atoms with Crippen LogP contribution >= 0.6 is 0 Å². The van der Waals surface area contributed by atoms with Gasteiger partial charge < -0.3 is 0 Å². The number of nitrogens with zero attached hydrogens (tertiary/aromatic N) is 3. The average Bonchev–Trinajstić information content (AvgIpc) is 3.39. The molecule has 0 radical (unpaired) electrons. The molecule has 0 spiro atoms. The molecule has 230 valence electrons. The third-order valence-corrected chi connectivity index (χ3v) is 10.1. The van der Waals surface area contributed by atoms with Crippen molar-refractivity contribution >= 4 is 27.2 Å². The topological polar surface area (TPSA) is 30.1 Å². The third-order valence-electron chi connectivity index (χ3n) is 10.1. The fourth-order valence-corrected chi connectivity index (χ4v) is 7.41. The average molecular weight is 626 g/mol. The van der Waals surface area contributed by atoms with Crippen molar-refractivity contribution in [1.29, 1.82) is 0 Å². The summed E-state index contributed by atoms with van der Waals surface area (Å²) in [6.45, 7) is 12.1. The molecule has 9 rings (SSSR count). The molecular formula is C46H31N3. The van der Waals surface area contributed by atoms with Gasteiger partial charge in [-0.2, -0.15) is 0 Å². The minimum absolute atomic E-state index is 0.120. The highest BCUT2D eigenvalue weighted by Gasteiger charge is 2.35. The predicted molar refractivity (Wildman–Crippen MR) is 203 cm³/mol. The summed E-state index contributed by atoms with van der Waals surface area (Å²) in [4.78, 5) is 14.1. The van der Waals surface area contributed by atoms with Crippen molar-refractivity contribution < 1.29 is 0 Å². The van der Waals surface area contributed by atoms with Crippen molar-refractivity contribution in [3.63, 3.8) is 0 Å². The van der Waals surface area contributed by atoms with E-state index in [1.165, 1.54) is 32.8 Å². The summed E-state index contributed by atoms with van der Waals surface area (Å²) < 4.78 is 0. The summed E-state index contributed by atoms with van der Waals surface area (Å²) in [7, 11) is 0. The van der Waals surface area contributed by atoms with Gasteiger partial charge in [-0.1, -0.05) is 129 Å². The molecule has 3 heteroatoms. The zero-order valence-electron chi connectivity index (χ0n) is 27.3. The Kier molecular flexibility index (Phi) is 6.54. The van der Waals surface area contributed by atoms with Crippen LogP contribution in [0.4, 0.5) is 5.69 Å². The second-order valence-corrected chi connectivity index (χ2v) is 13.4. The number of fused-ring (bicyclic) bond motifs is 5. The molecule has 1 heterocycles. The molecule has 0 unspecified atom stereocenters. The van der Waals surface area contributed by atoms with Crippen LogP contribution in [-0.2, 0) is 5.41 Å². The van der Waals surface area contributed by atoms with Crippen molar-refractivity contribution in [1.82, 2.24) is 9.97 Å².